The Morgan fingerprint density at radius 3 is 0.957 bits per heavy atom. The van der Waals surface area contributed by atoms with Gasteiger partial charge in [-0.05, 0) is 0 Å². The SMILES string of the molecule is COC(=O)C1C2OC(C1C(=O)OC)C(C(=O)OC)C2C(=O)OC. The molecule has 2 rings (SSSR count). The lowest BCUT2D eigenvalue weighted by atomic mass is 9.68. The van der Waals surface area contributed by atoms with Gasteiger partial charge in [0, 0.05) is 0 Å². The molecule has 4 atom stereocenters. The first-order valence-electron chi connectivity index (χ1n) is 6.89. The minimum Gasteiger partial charge on any atom is -0.469 e. The maximum absolute atomic E-state index is 12.1. The van der Waals surface area contributed by atoms with Crippen LogP contribution in [0.4, 0.5) is 0 Å². The van der Waals surface area contributed by atoms with Gasteiger partial charge in [-0.15, -0.1) is 0 Å². The molecule has 0 aromatic carbocycles. The van der Waals surface area contributed by atoms with E-state index < -0.39 is 59.8 Å². The van der Waals surface area contributed by atoms with E-state index in [1.807, 2.05) is 0 Å². The van der Waals surface area contributed by atoms with Crippen molar-refractivity contribution in [3.05, 3.63) is 0 Å². The third-order valence-corrected chi connectivity index (χ3v) is 4.40. The highest BCUT2D eigenvalue weighted by molar-refractivity contribution is 5.90. The lowest BCUT2D eigenvalue weighted by Gasteiger charge is -2.32. The Hall–Kier alpha value is -2.16. The zero-order valence-corrected chi connectivity index (χ0v) is 13.1. The molecule has 0 saturated carbocycles. The van der Waals surface area contributed by atoms with Crippen molar-refractivity contribution >= 4 is 23.9 Å². The first kappa shape index (κ1) is 17.2. The van der Waals surface area contributed by atoms with Gasteiger partial charge in [0.15, 0.2) is 0 Å². The van der Waals surface area contributed by atoms with Crippen molar-refractivity contribution in [1.82, 2.24) is 0 Å². The number of hydrogen-bond donors (Lipinski definition) is 0. The molecule has 2 fully saturated rings. The highest BCUT2D eigenvalue weighted by Gasteiger charge is 2.69. The second kappa shape index (κ2) is 6.53. The lowest BCUT2D eigenvalue weighted by Crippen LogP contribution is -2.52. The quantitative estimate of drug-likeness (QED) is 0.469. The summed E-state index contributed by atoms with van der Waals surface area (Å²) in [4.78, 5) is 48.2. The molecule has 4 unspecified atom stereocenters. The first-order chi connectivity index (χ1) is 10.9. The number of fused-ring (bicyclic) bond motifs is 2. The summed E-state index contributed by atoms with van der Waals surface area (Å²) in [5.74, 6) is -7.08. The molecule has 23 heavy (non-hydrogen) atoms. The maximum Gasteiger partial charge on any atom is 0.312 e. The molecule has 0 amide bonds. The average molecular weight is 330 g/mol. The summed E-state index contributed by atoms with van der Waals surface area (Å²) in [6.07, 6.45) is -2.04. The fraction of sp³-hybridized carbons (Fsp3) is 0.714. The smallest absolute Gasteiger partial charge is 0.312 e. The van der Waals surface area contributed by atoms with Gasteiger partial charge in [0.05, 0.1) is 64.3 Å². The van der Waals surface area contributed by atoms with Crippen molar-refractivity contribution in [1.29, 1.82) is 0 Å². The fourth-order valence-electron chi connectivity index (χ4n) is 3.45. The van der Waals surface area contributed by atoms with Gasteiger partial charge in [-0.2, -0.15) is 0 Å². The first-order valence-corrected chi connectivity index (χ1v) is 6.89. The van der Waals surface area contributed by atoms with Crippen LogP contribution >= 0.6 is 0 Å². The molecule has 2 bridgehead atoms. The fourth-order valence-corrected chi connectivity index (χ4v) is 3.45. The molecule has 2 saturated heterocycles. The van der Waals surface area contributed by atoms with Crippen molar-refractivity contribution in [2.24, 2.45) is 23.7 Å². The summed E-state index contributed by atoms with van der Waals surface area (Å²) in [7, 11) is 4.64. The monoisotopic (exact) mass is 330 g/mol. The van der Waals surface area contributed by atoms with Crippen LogP contribution in [0.3, 0.4) is 0 Å². The number of hydrogen-bond acceptors (Lipinski definition) is 9. The third-order valence-electron chi connectivity index (χ3n) is 4.40. The van der Waals surface area contributed by atoms with Gasteiger partial charge in [0.25, 0.3) is 0 Å². The van der Waals surface area contributed by atoms with E-state index in [2.05, 4.69) is 0 Å². The number of rotatable bonds is 4. The van der Waals surface area contributed by atoms with Gasteiger partial charge in [-0.1, -0.05) is 0 Å². The lowest BCUT2D eigenvalue weighted by molar-refractivity contribution is -0.168. The summed E-state index contributed by atoms with van der Waals surface area (Å²) in [5, 5.41) is 0. The van der Waals surface area contributed by atoms with Gasteiger partial charge in [0.1, 0.15) is 0 Å². The molecular weight excluding hydrogens is 312 g/mol. The maximum atomic E-state index is 12.1. The Labute approximate surface area is 132 Å². The van der Waals surface area contributed by atoms with Crippen LogP contribution in [0, 0.1) is 23.7 Å². The Morgan fingerprint density at radius 2 is 0.783 bits per heavy atom. The molecule has 128 valence electrons. The van der Waals surface area contributed by atoms with Crippen LogP contribution in [0.15, 0.2) is 0 Å². The molecule has 0 aliphatic carbocycles. The van der Waals surface area contributed by atoms with E-state index in [0.29, 0.717) is 0 Å². The minimum atomic E-state index is -1.05. The number of esters is 4. The molecule has 0 aromatic heterocycles. The van der Waals surface area contributed by atoms with Crippen molar-refractivity contribution in [3.63, 3.8) is 0 Å². The van der Waals surface area contributed by atoms with Crippen LogP contribution in [-0.2, 0) is 42.9 Å². The molecular formula is C14H18O9. The van der Waals surface area contributed by atoms with Crippen LogP contribution < -0.4 is 0 Å². The minimum absolute atomic E-state index is 0.717. The Kier molecular flexibility index (Phi) is 4.88. The molecule has 2 aliphatic rings. The van der Waals surface area contributed by atoms with Gasteiger partial charge in [-0.25, -0.2) is 0 Å². The van der Waals surface area contributed by atoms with E-state index >= 15 is 0 Å². The zero-order valence-electron chi connectivity index (χ0n) is 13.1. The second-order valence-corrected chi connectivity index (χ2v) is 5.26. The number of ether oxygens (including phenoxy) is 5. The summed E-state index contributed by atoms with van der Waals surface area (Å²) in [6.45, 7) is 0. The van der Waals surface area contributed by atoms with E-state index in [-0.39, 0.29) is 0 Å². The van der Waals surface area contributed by atoms with Crippen LogP contribution in [0.25, 0.3) is 0 Å². The molecule has 0 radical (unpaired) electrons. The highest BCUT2D eigenvalue weighted by atomic mass is 16.6. The molecule has 9 nitrogen and oxygen atoms in total. The zero-order chi connectivity index (χ0) is 17.3. The van der Waals surface area contributed by atoms with Crippen LogP contribution in [0.1, 0.15) is 0 Å². The second-order valence-electron chi connectivity index (χ2n) is 5.26. The number of methoxy groups -OCH3 is 4. The van der Waals surface area contributed by atoms with Crippen LogP contribution in [0.2, 0.25) is 0 Å². The van der Waals surface area contributed by atoms with Gasteiger partial charge < -0.3 is 23.7 Å². The Balaban J connectivity index is 2.46. The predicted octanol–water partition coefficient (Wildman–Crippen LogP) is -1.08. The van der Waals surface area contributed by atoms with Crippen LogP contribution in [-0.4, -0.2) is 64.5 Å². The van der Waals surface area contributed by atoms with E-state index in [1.54, 1.807) is 0 Å². The standard InChI is InChI=1S/C14H18O9/c1-19-11(15)5-6(12(16)20-2)10-8(14(18)22-4)7(9(5)23-10)13(17)21-3/h5-10H,1-4H3. The highest BCUT2D eigenvalue weighted by Crippen LogP contribution is 2.51. The summed E-state index contributed by atoms with van der Waals surface area (Å²) in [6, 6.07) is 0. The van der Waals surface area contributed by atoms with Gasteiger partial charge in [-0.3, -0.25) is 19.2 Å². The van der Waals surface area contributed by atoms with E-state index in [9.17, 15) is 19.2 Å². The van der Waals surface area contributed by atoms with Gasteiger partial charge >= 0.3 is 23.9 Å². The molecule has 0 N–H and O–H groups in total. The average Bonchev–Trinajstić information content (AvgIpc) is 3.14. The molecule has 2 heterocycles. The van der Waals surface area contributed by atoms with E-state index in [0.717, 1.165) is 28.4 Å². The Bertz CT molecular complexity index is 438. The normalized spacial score (nSPS) is 34.6. The summed E-state index contributed by atoms with van der Waals surface area (Å²) < 4.78 is 24.4. The predicted molar refractivity (Wildman–Crippen MR) is 70.7 cm³/mol. The topological polar surface area (TPSA) is 114 Å². The van der Waals surface area contributed by atoms with E-state index in [1.165, 1.54) is 0 Å². The van der Waals surface area contributed by atoms with E-state index in [4.69, 9.17) is 23.7 Å². The number of carbonyl (C=O) groups is 4. The van der Waals surface area contributed by atoms with Crippen molar-refractivity contribution in [2.45, 2.75) is 12.2 Å². The van der Waals surface area contributed by atoms with Crippen molar-refractivity contribution in [3.8, 4) is 0 Å². The third kappa shape index (κ3) is 2.54. The molecule has 0 spiro atoms. The summed E-state index contributed by atoms with van der Waals surface area (Å²) >= 11 is 0. The number of carbonyl (C=O) groups excluding carboxylic acids is 4. The largest absolute Gasteiger partial charge is 0.469 e. The molecule has 0 aromatic rings. The molecule has 9 heteroatoms. The van der Waals surface area contributed by atoms with Crippen LogP contribution in [0.5, 0.6) is 0 Å². The summed E-state index contributed by atoms with van der Waals surface area (Å²) in [5.41, 5.74) is 0. The molecule has 2 aliphatic heterocycles. The van der Waals surface area contributed by atoms with Crippen molar-refractivity contribution in [2.75, 3.05) is 28.4 Å². The van der Waals surface area contributed by atoms with Crippen molar-refractivity contribution < 1.29 is 42.9 Å². The Morgan fingerprint density at radius 1 is 0.565 bits per heavy atom. The van der Waals surface area contributed by atoms with Gasteiger partial charge in [0.2, 0.25) is 0 Å².